The van der Waals surface area contributed by atoms with E-state index in [1.54, 1.807) is 0 Å². The second kappa shape index (κ2) is 4.85. The Morgan fingerprint density at radius 3 is 2.89 bits per heavy atom. The van der Waals surface area contributed by atoms with Crippen molar-refractivity contribution in [1.82, 2.24) is 15.1 Å². The van der Waals surface area contributed by atoms with Crippen LogP contribution in [-0.2, 0) is 6.18 Å². The molecule has 1 heterocycles. The highest BCUT2D eigenvalue weighted by molar-refractivity contribution is 5.13. The van der Waals surface area contributed by atoms with Crippen LogP contribution in [0.25, 0.3) is 0 Å². The molecule has 0 bridgehead atoms. The minimum absolute atomic E-state index is 0.158. The number of nitrogens with zero attached hydrogens (tertiary/aromatic N) is 3. The molecule has 0 aromatic carbocycles. The summed E-state index contributed by atoms with van der Waals surface area (Å²) in [6.07, 6.45) is -1.32. The molecule has 1 N–H and O–H groups in total. The maximum absolute atomic E-state index is 12.5. The van der Waals surface area contributed by atoms with Crippen LogP contribution in [-0.4, -0.2) is 21.9 Å². The summed E-state index contributed by atoms with van der Waals surface area (Å²) in [6.45, 7) is 2.56. The lowest BCUT2D eigenvalue weighted by atomic mass is 9.99. The highest BCUT2D eigenvalue weighted by Crippen LogP contribution is 2.38. The summed E-state index contributed by atoms with van der Waals surface area (Å²) >= 11 is 0. The minimum atomic E-state index is -4.42. The van der Waals surface area contributed by atoms with Gasteiger partial charge in [-0.2, -0.15) is 23.5 Å². The fourth-order valence-electron chi connectivity index (χ4n) is 2.58. The Kier molecular flexibility index (Phi) is 3.54. The lowest BCUT2D eigenvalue weighted by molar-refractivity contribution is -0.141. The van der Waals surface area contributed by atoms with Crippen molar-refractivity contribution < 1.29 is 13.2 Å². The highest BCUT2D eigenvalue weighted by Gasteiger charge is 2.41. The van der Waals surface area contributed by atoms with Crippen molar-refractivity contribution in [3.8, 4) is 6.07 Å². The molecule has 1 aliphatic rings. The number of alkyl halides is 3. The van der Waals surface area contributed by atoms with Crippen LogP contribution in [0.15, 0.2) is 12.3 Å². The number of hydrogen-bond acceptors (Lipinski definition) is 3. The zero-order chi connectivity index (χ0) is 14.1. The molecule has 19 heavy (non-hydrogen) atoms. The molecular formula is C12H15F3N4. The molecule has 0 amide bonds. The van der Waals surface area contributed by atoms with Gasteiger partial charge in [0.2, 0.25) is 0 Å². The third-order valence-electron chi connectivity index (χ3n) is 3.49. The Morgan fingerprint density at radius 1 is 1.63 bits per heavy atom. The first-order chi connectivity index (χ1) is 8.90. The largest absolute Gasteiger partial charge is 0.435 e. The summed E-state index contributed by atoms with van der Waals surface area (Å²) in [7, 11) is 0. The van der Waals surface area contributed by atoms with Gasteiger partial charge in [0, 0.05) is 12.6 Å². The molecular weight excluding hydrogens is 257 g/mol. The second-order valence-corrected chi connectivity index (χ2v) is 4.80. The van der Waals surface area contributed by atoms with E-state index < -0.39 is 17.4 Å². The fraction of sp³-hybridized carbons (Fsp3) is 0.667. The van der Waals surface area contributed by atoms with E-state index in [4.69, 9.17) is 0 Å². The van der Waals surface area contributed by atoms with Crippen LogP contribution in [0.5, 0.6) is 0 Å². The first kappa shape index (κ1) is 13.9. The summed E-state index contributed by atoms with van der Waals surface area (Å²) in [5.74, 6) is 0. The van der Waals surface area contributed by atoms with Crippen LogP contribution in [0, 0.1) is 11.3 Å². The smallest absolute Gasteiger partial charge is 0.300 e. The Morgan fingerprint density at radius 2 is 2.37 bits per heavy atom. The van der Waals surface area contributed by atoms with Crippen molar-refractivity contribution in [2.75, 3.05) is 6.54 Å². The average molecular weight is 272 g/mol. The van der Waals surface area contributed by atoms with Gasteiger partial charge < -0.3 is 0 Å². The minimum Gasteiger partial charge on any atom is -0.300 e. The molecule has 1 saturated carbocycles. The van der Waals surface area contributed by atoms with Gasteiger partial charge in [0.05, 0.1) is 12.1 Å². The molecule has 2 rings (SSSR count). The van der Waals surface area contributed by atoms with Crippen molar-refractivity contribution in [2.24, 2.45) is 0 Å². The third-order valence-corrected chi connectivity index (χ3v) is 3.49. The standard InChI is InChI=1S/C12H15F3N4/c1-2-17-11(8-16)5-3-9(7-11)19-6-4-10(18-19)12(13,14)15/h4,6,9,17H,2-3,5,7H2,1H3. The Labute approximate surface area is 109 Å². The van der Waals surface area contributed by atoms with Gasteiger partial charge in [-0.05, 0) is 25.5 Å². The van der Waals surface area contributed by atoms with Gasteiger partial charge in [0.1, 0.15) is 5.54 Å². The molecule has 1 aromatic heterocycles. The predicted molar refractivity (Wildman–Crippen MR) is 62.1 cm³/mol. The van der Waals surface area contributed by atoms with Crippen LogP contribution in [0.4, 0.5) is 13.2 Å². The van der Waals surface area contributed by atoms with Gasteiger partial charge in [-0.15, -0.1) is 0 Å². The molecule has 0 saturated heterocycles. The van der Waals surface area contributed by atoms with Gasteiger partial charge in [0.15, 0.2) is 5.69 Å². The zero-order valence-corrected chi connectivity index (χ0v) is 10.5. The SMILES string of the molecule is CCNC1(C#N)CCC(n2ccc(C(F)(F)F)n2)C1. The van der Waals surface area contributed by atoms with Crippen LogP contribution >= 0.6 is 0 Å². The van der Waals surface area contributed by atoms with Crippen LogP contribution in [0.3, 0.4) is 0 Å². The van der Waals surface area contributed by atoms with Crippen molar-refractivity contribution >= 4 is 0 Å². The Balaban J connectivity index is 2.13. The first-order valence-electron chi connectivity index (χ1n) is 6.19. The van der Waals surface area contributed by atoms with E-state index in [9.17, 15) is 18.4 Å². The van der Waals surface area contributed by atoms with E-state index in [1.165, 1.54) is 10.9 Å². The van der Waals surface area contributed by atoms with E-state index in [2.05, 4.69) is 16.5 Å². The molecule has 4 nitrogen and oxygen atoms in total. The molecule has 2 unspecified atom stereocenters. The van der Waals surface area contributed by atoms with E-state index in [1.807, 2.05) is 6.92 Å². The van der Waals surface area contributed by atoms with Gasteiger partial charge in [-0.25, -0.2) is 0 Å². The van der Waals surface area contributed by atoms with Crippen LogP contribution in [0.2, 0.25) is 0 Å². The zero-order valence-electron chi connectivity index (χ0n) is 10.5. The summed E-state index contributed by atoms with van der Waals surface area (Å²) < 4.78 is 38.8. The van der Waals surface area contributed by atoms with Gasteiger partial charge in [-0.3, -0.25) is 10.00 Å². The fourth-order valence-corrected chi connectivity index (χ4v) is 2.58. The van der Waals surface area contributed by atoms with Gasteiger partial charge in [0.25, 0.3) is 0 Å². The predicted octanol–water partition coefficient (Wildman–Crippen LogP) is 2.50. The molecule has 2 atom stereocenters. The van der Waals surface area contributed by atoms with E-state index in [0.29, 0.717) is 25.8 Å². The van der Waals surface area contributed by atoms with E-state index in [0.717, 1.165) is 6.07 Å². The molecule has 0 radical (unpaired) electrons. The number of nitriles is 1. The average Bonchev–Trinajstić information content (AvgIpc) is 2.94. The quantitative estimate of drug-likeness (QED) is 0.919. The number of rotatable bonds is 3. The number of halogens is 3. The topological polar surface area (TPSA) is 53.6 Å². The van der Waals surface area contributed by atoms with Crippen molar-refractivity contribution in [3.05, 3.63) is 18.0 Å². The monoisotopic (exact) mass is 272 g/mol. The van der Waals surface area contributed by atoms with Crippen LogP contribution in [0.1, 0.15) is 37.9 Å². The summed E-state index contributed by atoms with van der Waals surface area (Å²) in [5.41, 5.74) is -1.52. The van der Waals surface area contributed by atoms with Crippen molar-refractivity contribution in [3.63, 3.8) is 0 Å². The third kappa shape index (κ3) is 2.73. The van der Waals surface area contributed by atoms with E-state index >= 15 is 0 Å². The number of hydrogen-bond donors (Lipinski definition) is 1. The molecule has 0 aliphatic heterocycles. The lowest BCUT2D eigenvalue weighted by Crippen LogP contribution is -2.41. The Bertz CT molecular complexity index is 488. The first-order valence-corrected chi connectivity index (χ1v) is 6.19. The molecule has 104 valence electrons. The van der Waals surface area contributed by atoms with Crippen LogP contribution < -0.4 is 5.32 Å². The van der Waals surface area contributed by atoms with Gasteiger partial charge in [-0.1, -0.05) is 6.92 Å². The Hall–Kier alpha value is -1.55. The van der Waals surface area contributed by atoms with Crippen molar-refractivity contribution in [1.29, 1.82) is 5.26 Å². The summed E-state index contributed by atoms with van der Waals surface area (Å²) in [5, 5.41) is 15.9. The lowest BCUT2D eigenvalue weighted by Gasteiger charge is -2.21. The molecule has 1 aliphatic carbocycles. The molecule has 1 aromatic rings. The maximum atomic E-state index is 12.5. The van der Waals surface area contributed by atoms with Gasteiger partial charge >= 0.3 is 6.18 Å². The van der Waals surface area contributed by atoms with Crippen molar-refractivity contribution in [2.45, 2.75) is 43.9 Å². The molecule has 7 heteroatoms. The maximum Gasteiger partial charge on any atom is 0.435 e. The van der Waals surface area contributed by atoms with E-state index in [-0.39, 0.29) is 6.04 Å². The normalized spacial score (nSPS) is 27.4. The highest BCUT2D eigenvalue weighted by atomic mass is 19.4. The summed E-state index contributed by atoms with van der Waals surface area (Å²) in [6, 6.07) is 3.05. The number of aromatic nitrogens is 2. The molecule has 0 spiro atoms. The number of nitrogens with one attached hydrogen (secondary N) is 1. The molecule has 1 fully saturated rings. The summed E-state index contributed by atoms with van der Waals surface area (Å²) in [4.78, 5) is 0. The second-order valence-electron chi connectivity index (χ2n) is 4.80.